The van der Waals surface area contributed by atoms with Gasteiger partial charge in [-0.25, -0.2) is 4.79 Å². The molecule has 0 spiro atoms. The van der Waals surface area contributed by atoms with Crippen molar-refractivity contribution < 1.29 is 9.59 Å². The van der Waals surface area contributed by atoms with Crippen LogP contribution in [-0.2, 0) is 11.2 Å². The van der Waals surface area contributed by atoms with Gasteiger partial charge < -0.3 is 16.0 Å². The summed E-state index contributed by atoms with van der Waals surface area (Å²) >= 11 is 0. The molecule has 1 heterocycles. The molecule has 0 aliphatic carbocycles. The van der Waals surface area contributed by atoms with Crippen molar-refractivity contribution in [2.45, 2.75) is 40.0 Å². The van der Waals surface area contributed by atoms with E-state index in [1.54, 1.807) is 4.90 Å². The summed E-state index contributed by atoms with van der Waals surface area (Å²) in [6.45, 7) is 8.15. The van der Waals surface area contributed by atoms with Crippen LogP contribution in [0.25, 0.3) is 0 Å². The van der Waals surface area contributed by atoms with Gasteiger partial charge in [0.2, 0.25) is 5.91 Å². The van der Waals surface area contributed by atoms with Crippen LogP contribution in [0.4, 0.5) is 4.79 Å². The minimum Gasteiger partial charge on any atom is -0.369 e. The Labute approximate surface area is 138 Å². The van der Waals surface area contributed by atoms with Gasteiger partial charge in [0.1, 0.15) is 0 Å². The van der Waals surface area contributed by atoms with E-state index >= 15 is 0 Å². The highest BCUT2D eigenvalue weighted by atomic mass is 16.2. The third kappa shape index (κ3) is 4.47. The minimum atomic E-state index is -0.254. The zero-order valence-electron chi connectivity index (χ0n) is 14.3. The van der Waals surface area contributed by atoms with Crippen molar-refractivity contribution in [2.24, 2.45) is 11.7 Å². The number of urea groups is 1. The highest BCUT2D eigenvalue weighted by Crippen LogP contribution is 2.18. The van der Waals surface area contributed by atoms with E-state index in [9.17, 15) is 9.59 Å². The van der Waals surface area contributed by atoms with Crippen LogP contribution >= 0.6 is 0 Å². The molecule has 126 valence electrons. The number of hydrogen-bond acceptors (Lipinski definition) is 2. The monoisotopic (exact) mass is 317 g/mol. The average Bonchev–Trinajstić information content (AvgIpc) is 2.49. The van der Waals surface area contributed by atoms with Gasteiger partial charge in [0.05, 0.1) is 0 Å². The first kappa shape index (κ1) is 17.3. The first-order valence-electron chi connectivity index (χ1n) is 8.27. The lowest BCUT2D eigenvalue weighted by Crippen LogP contribution is -2.46. The smallest absolute Gasteiger partial charge is 0.317 e. The SMILES string of the molecule is Cc1cc(C)c(CCNC(=O)N2CCC(C(N)=O)CC2)c(C)c1. The Kier molecular flexibility index (Phi) is 5.64. The number of likely N-dealkylation sites (tertiary alicyclic amines) is 1. The summed E-state index contributed by atoms with van der Waals surface area (Å²) in [4.78, 5) is 25.1. The topological polar surface area (TPSA) is 75.4 Å². The number of benzene rings is 1. The van der Waals surface area contributed by atoms with Crippen LogP contribution in [0.1, 0.15) is 35.1 Å². The Morgan fingerprint density at radius 1 is 1.17 bits per heavy atom. The molecule has 23 heavy (non-hydrogen) atoms. The third-order valence-corrected chi connectivity index (χ3v) is 4.68. The van der Waals surface area contributed by atoms with Crippen molar-refractivity contribution in [3.8, 4) is 0 Å². The molecule has 0 unspecified atom stereocenters. The van der Waals surface area contributed by atoms with Gasteiger partial charge in [0.15, 0.2) is 0 Å². The number of primary amides is 1. The van der Waals surface area contributed by atoms with Crippen molar-refractivity contribution in [1.29, 1.82) is 0 Å². The molecule has 5 heteroatoms. The van der Waals surface area contributed by atoms with Crippen LogP contribution in [0.3, 0.4) is 0 Å². The maximum Gasteiger partial charge on any atom is 0.317 e. The molecule has 1 saturated heterocycles. The van der Waals surface area contributed by atoms with Crippen molar-refractivity contribution in [2.75, 3.05) is 19.6 Å². The molecule has 3 amide bonds. The van der Waals surface area contributed by atoms with Crippen LogP contribution in [0, 0.1) is 26.7 Å². The predicted molar refractivity (Wildman–Crippen MR) is 91.2 cm³/mol. The van der Waals surface area contributed by atoms with Crippen molar-refractivity contribution in [3.05, 3.63) is 34.4 Å². The number of piperidine rings is 1. The number of carbonyl (C=O) groups is 2. The Morgan fingerprint density at radius 2 is 1.74 bits per heavy atom. The fourth-order valence-electron chi connectivity index (χ4n) is 3.38. The standard InChI is InChI=1S/C18H27N3O2/c1-12-10-13(2)16(14(3)11-12)4-7-20-18(23)21-8-5-15(6-9-21)17(19)22/h10-11,15H,4-9H2,1-3H3,(H2,19,22)(H,20,23). The Balaban J connectivity index is 1.81. The summed E-state index contributed by atoms with van der Waals surface area (Å²) in [7, 11) is 0. The van der Waals surface area contributed by atoms with E-state index in [2.05, 4.69) is 38.2 Å². The van der Waals surface area contributed by atoms with Gasteiger partial charge in [-0.05, 0) is 56.7 Å². The second kappa shape index (κ2) is 7.49. The first-order valence-corrected chi connectivity index (χ1v) is 8.27. The van der Waals surface area contributed by atoms with Crippen LogP contribution < -0.4 is 11.1 Å². The highest BCUT2D eigenvalue weighted by Gasteiger charge is 2.25. The molecular weight excluding hydrogens is 290 g/mol. The van der Waals surface area contributed by atoms with E-state index in [0.717, 1.165) is 6.42 Å². The molecule has 3 N–H and O–H groups in total. The summed E-state index contributed by atoms with van der Waals surface area (Å²) in [5, 5.41) is 2.98. The molecule has 0 atom stereocenters. The number of nitrogens with zero attached hydrogens (tertiary/aromatic N) is 1. The molecule has 5 nitrogen and oxygen atoms in total. The zero-order chi connectivity index (χ0) is 17.0. The average molecular weight is 317 g/mol. The summed E-state index contributed by atoms with van der Waals surface area (Å²) in [5.74, 6) is -0.340. The number of nitrogens with one attached hydrogen (secondary N) is 1. The van der Waals surface area contributed by atoms with Gasteiger partial charge >= 0.3 is 6.03 Å². The van der Waals surface area contributed by atoms with Gasteiger partial charge in [-0.1, -0.05) is 17.7 Å². The lowest BCUT2D eigenvalue weighted by Gasteiger charge is -2.30. The second-order valence-electron chi connectivity index (χ2n) is 6.52. The lowest BCUT2D eigenvalue weighted by atomic mass is 9.96. The largest absolute Gasteiger partial charge is 0.369 e. The Morgan fingerprint density at radius 3 is 2.26 bits per heavy atom. The first-order chi connectivity index (χ1) is 10.9. The summed E-state index contributed by atoms with van der Waals surface area (Å²) in [5.41, 5.74) is 10.4. The molecular formula is C18H27N3O2. The molecule has 0 bridgehead atoms. The second-order valence-corrected chi connectivity index (χ2v) is 6.52. The lowest BCUT2D eigenvalue weighted by molar-refractivity contribution is -0.123. The maximum atomic E-state index is 12.2. The van der Waals surface area contributed by atoms with Crippen molar-refractivity contribution in [1.82, 2.24) is 10.2 Å². The predicted octanol–water partition coefficient (Wildman–Crippen LogP) is 2.06. The van der Waals surface area contributed by atoms with Crippen LogP contribution in [0.15, 0.2) is 12.1 Å². The van der Waals surface area contributed by atoms with Crippen molar-refractivity contribution in [3.63, 3.8) is 0 Å². The van der Waals surface area contributed by atoms with E-state index < -0.39 is 0 Å². The van der Waals surface area contributed by atoms with E-state index in [1.165, 1.54) is 22.3 Å². The Hall–Kier alpha value is -2.04. The van der Waals surface area contributed by atoms with E-state index in [-0.39, 0.29) is 17.9 Å². The van der Waals surface area contributed by atoms with Gasteiger partial charge in [-0.15, -0.1) is 0 Å². The summed E-state index contributed by atoms with van der Waals surface area (Å²) < 4.78 is 0. The summed E-state index contributed by atoms with van der Waals surface area (Å²) in [6.07, 6.45) is 2.17. The number of rotatable bonds is 4. The number of nitrogens with two attached hydrogens (primary N) is 1. The number of aryl methyl sites for hydroxylation is 3. The molecule has 1 aromatic carbocycles. The van der Waals surface area contributed by atoms with E-state index in [4.69, 9.17) is 5.73 Å². The van der Waals surface area contributed by atoms with Gasteiger partial charge in [-0.2, -0.15) is 0 Å². The van der Waals surface area contributed by atoms with Crippen LogP contribution in [-0.4, -0.2) is 36.5 Å². The van der Waals surface area contributed by atoms with Crippen LogP contribution in [0.5, 0.6) is 0 Å². The maximum absolute atomic E-state index is 12.2. The van der Waals surface area contributed by atoms with E-state index in [1.807, 2.05) is 0 Å². The fraction of sp³-hybridized carbons (Fsp3) is 0.556. The third-order valence-electron chi connectivity index (χ3n) is 4.68. The number of carbonyl (C=O) groups excluding carboxylic acids is 2. The molecule has 0 radical (unpaired) electrons. The van der Waals surface area contributed by atoms with Gasteiger partial charge in [0.25, 0.3) is 0 Å². The molecule has 0 aromatic heterocycles. The summed E-state index contributed by atoms with van der Waals surface area (Å²) in [6, 6.07) is 4.31. The number of amides is 3. The number of hydrogen-bond donors (Lipinski definition) is 2. The highest BCUT2D eigenvalue weighted by molar-refractivity contribution is 5.78. The zero-order valence-corrected chi connectivity index (χ0v) is 14.3. The van der Waals surface area contributed by atoms with Gasteiger partial charge in [0, 0.05) is 25.6 Å². The minimum absolute atomic E-state index is 0.0460. The fourth-order valence-corrected chi connectivity index (χ4v) is 3.38. The molecule has 0 saturated carbocycles. The molecule has 2 rings (SSSR count). The molecule has 1 aliphatic rings. The Bertz CT molecular complexity index is 567. The molecule has 1 aromatic rings. The molecule has 1 fully saturated rings. The van der Waals surface area contributed by atoms with Crippen molar-refractivity contribution >= 4 is 11.9 Å². The quantitative estimate of drug-likeness (QED) is 0.892. The normalized spacial score (nSPS) is 15.5. The van der Waals surface area contributed by atoms with Gasteiger partial charge in [-0.3, -0.25) is 4.79 Å². The van der Waals surface area contributed by atoms with Crippen LogP contribution in [0.2, 0.25) is 0 Å². The molecule has 1 aliphatic heterocycles. The van der Waals surface area contributed by atoms with E-state index in [0.29, 0.717) is 32.5 Å².